The molecule has 152 valence electrons. The topological polar surface area (TPSA) is 89.9 Å². The van der Waals surface area contributed by atoms with Gasteiger partial charge in [0.05, 0.1) is 6.61 Å². The number of ether oxygens (including phenoxy) is 2. The lowest BCUT2D eigenvalue weighted by Crippen LogP contribution is -2.47. The van der Waals surface area contributed by atoms with E-state index in [9.17, 15) is 17.8 Å². The Balaban J connectivity index is 2.06. The van der Waals surface area contributed by atoms with Gasteiger partial charge >= 0.3 is 16.1 Å². The second-order valence-electron chi connectivity index (χ2n) is 9.71. The molecule has 26 heavy (non-hydrogen) atoms. The van der Waals surface area contributed by atoms with Crippen molar-refractivity contribution in [3.63, 3.8) is 0 Å². The number of fused-ring (bicyclic) bond motifs is 2. The normalized spacial score (nSPS) is 33.5. The maximum atomic E-state index is 12.5. The Morgan fingerprint density at radius 1 is 1.19 bits per heavy atom. The van der Waals surface area contributed by atoms with E-state index < -0.39 is 27.1 Å². The molecule has 2 aliphatic carbocycles. The van der Waals surface area contributed by atoms with Crippen molar-refractivity contribution < 1.29 is 27.2 Å². The van der Waals surface area contributed by atoms with Crippen LogP contribution in [0.15, 0.2) is 0 Å². The van der Waals surface area contributed by atoms with Crippen LogP contribution in [0.3, 0.4) is 0 Å². The number of hydrogen-bond donors (Lipinski definition) is 1. The molecule has 0 spiro atoms. The maximum Gasteiger partial charge on any atom is 0.354 e. The van der Waals surface area contributed by atoms with Crippen molar-refractivity contribution in [1.29, 1.82) is 0 Å². The summed E-state index contributed by atoms with van der Waals surface area (Å²) in [6, 6.07) is 0. The van der Waals surface area contributed by atoms with Crippen LogP contribution in [0.2, 0.25) is 0 Å². The van der Waals surface area contributed by atoms with Gasteiger partial charge in [0.25, 0.3) is 5.44 Å². The molecule has 0 aromatic heterocycles. The van der Waals surface area contributed by atoms with E-state index in [2.05, 4.69) is 6.92 Å². The van der Waals surface area contributed by atoms with Gasteiger partial charge in [0.2, 0.25) is 0 Å². The fourth-order valence-electron chi connectivity index (χ4n) is 4.65. The third kappa shape index (κ3) is 5.92. The molecule has 0 heterocycles. The van der Waals surface area contributed by atoms with Crippen LogP contribution in [0, 0.1) is 23.2 Å². The molecule has 3 atom stereocenters. The quantitative estimate of drug-likeness (QED) is 0.548. The molecule has 2 saturated carbocycles. The average Bonchev–Trinajstić information content (AvgIpc) is 2.42. The van der Waals surface area contributed by atoms with Gasteiger partial charge < -0.3 is 9.47 Å². The predicted octanol–water partition coefficient (Wildman–Crippen LogP) is 3.80. The Morgan fingerprint density at radius 2 is 1.73 bits per heavy atom. The van der Waals surface area contributed by atoms with E-state index in [0.717, 1.165) is 38.0 Å². The summed E-state index contributed by atoms with van der Waals surface area (Å²) in [5, 5.41) is 0. The summed E-state index contributed by atoms with van der Waals surface area (Å²) in [6.07, 6.45) is 6.10. The van der Waals surface area contributed by atoms with E-state index in [4.69, 9.17) is 9.47 Å². The minimum absolute atomic E-state index is 0.0205. The molecule has 2 aliphatic rings. The minimum Gasteiger partial charge on any atom is -0.457 e. The zero-order valence-electron chi connectivity index (χ0n) is 16.7. The zero-order chi connectivity index (χ0) is 19.8. The van der Waals surface area contributed by atoms with Crippen molar-refractivity contribution in [2.45, 2.75) is 84.2 Å². The highest BCUT2D eigenvalue weighted by molar-refractivity contribution is 7.87. The monoisotopic (exact) mass is 390 g/mol. The fourth-order valence-corrected chi connectivity index (χ4v) is 5.18. The van der Waals surface area contributed by atoms with Crippen LogP contribution in [0.5, 0.6) is 0 Å². The van der Waals surface area contributed by atoms with Crippen molar-refractivity contribution in [2.24, 2.45) is 23.2 Å². The Hall–Kier alpha value is -0.660. The van der Waals surface area contributed by atoms with Gasteiger partial charge in [0, 0.05) is 0 Å². The number of esters is 1. The van der Waals surface area contributed by atoms with Crippen LogP contribution in [-0.4, -0.2) is 36.6 Å². The summed E-state index contributed by atoms with van der Waals surface area (Å²) in [6.45, 7) is 9.68. The standard InChI is InChI=1S/C19H34O6S/c1-6-13-7-14-9-15(8-13)11-19(5,10-14)25-16(20)17(26(21,22)23)24-12-18(2,3)4/h13-15,17H,6-12H2,1-5H3,(H,21,22,23). The van der Waals surface area contributed by atoms with E-state index >= 15 is 0 Å². The van der Waals surface area contributed by atoms with Gasteiger partial charge in [0.15, 0.2) is 0 Å². The molecule has 0 aromatic rings. The third-order valence-electron chi connectivity index (χ3n) is 5.50. The molecule has 3 unspecified atom stereocenters. The van der Waals surface area contributed by atoms with Crippen molar-refractivity contribution >= 4 is 16.1 Å². The summed E-state index contributed by atoms with van der Waals surface area (Å²) in [5.41, 5.74) is -3.02. The third-order valence-corrected chi connectivity index (χ3v) is 6.37. The summed E-state index contributed by atoms with van der Waals surface area (Å²) in [7, 11) is -4.69. The fraction of sp³-hybridized carbons (Fsp3) is 0.947. The molecule has 0 aliphatic heterocycles. The van der Waals surface area contributed by atoms with E-state index in [0.29, 0.717) is 11.8 Å². The predicted molar refractivity (Wildman–Crippen MR) is 99.1 cm³/mol. The van der Waals surface area contributed by atoms with Crippen molar-refractivity contribution in [3.8, 4) is 0 Å². The summed E-state index contributed by atoms with van der Waals surface area (Å²) in [4.78, 5) is 12.5. The first-order valence-corrected chi connectivity index (χ1v) is 11.1. The number of rotatable bonds is 6. The first-order chi connectivity index (χ1) is 11.8. The van der Waals surface area contributed by atoms with Crippen LogP contribution < -0.4 is 0 Å². The van der Waals surface area contributed by atoms with Gasteiger partial charge in [-0.05, 0) is 62.2 Å². The molecule has 0 saturated heterocycles. The molecule has 1 N–H and O–H groups in total. The van der Waals surface area contributed by atoms with Crippen molar-refractivity contribution in [1.82, 2.24) is 0 Å². The smallest absolute Gasteiger partial charge is 0.354 e. The van der Waals surface area contributed by atoms with Crippen molar-refractivity contribution in [3.05, 3.63) is 0 Å². The highest BCUT2D eigenvalue weighted by Gasteiger charge is 2.46. The Bertz CT molecular complexity index is 592. The number of carbonyl (C=O) groups excluding carboxylic acids is 1. The number of hydrogen-bond acceptors (Lipinski definition) is 5. The SMILES string of the molecule is CCC1CC2CC(C1)CC(C)(OC(=O)C(OCC(C)(C)C)S(=O)(=O)O)C2. The molecule has 0 amide bonds. The zero-order valence-corrected chi connectivity index (χ0v) is 17.5. The van der Waals surface area contributed by atoms with Crippen LogP contribution in [0.4, 0.5) is 0 Å². The second-order valence-corrected chi connectivity index (χ2v) is 11.2. The van der Waals surface area contributed by atoms with Crippen LogP contribution >= 0.6 is 0 Å². The molecule has 2 bridgehead atoms. The molecule has 2 fully saturated rings. The highest BCUT2D eigenvalue weighted by Crippen LogP contribution is 2.48. The van der Waals surface area contributed by atoms with Gasteiger partial charge in [-0.3, -0.25) is 4.55 Å². The van der Waals surface area contributed by atoms with E-state index in [1.165, 1.54) is 6.42 Å². The molecular formula is C19H34O6S. The minimum atomic E-state index is -4.69. The molecule has 2 rings (SSSR count). The lowest BCUT2D eigenvalue weighted by Gasteiger charge is -2.47. The van der Waals surface area contributed by atoms with Gasteiger partial charge in [-0.25, -0.2) is 4.79 Å². The first-order valence-electron chi connectivity index (χ1n) is 9.62. The van der Waals surface area contributed by atoms with Gasteiger partial charge in [0.1, 0.15) is 5.60 Å². The van der Waals surface area contributed by atoms with E-state index in [1.807, 2.05) is 27.7 Å². The lowest BCUT2D eigenvalue weighted by molar-refractivity contribution is -0.176. The largest absolute Gasteiger partial charge is 0.457 e. The van der Waals surface area contributed by atoms with Gasteiger partial charge in [-0.15, -0.1) is 0 Å². The highest BCUT2D eigenvalue weighted by atomic mass is 32.2. The van der Waals surface area contributed by atoms with Gasteiger partial charge in [-0.1, -0.05) is 34.1 Å². The Kier molecular flexibility index (Phi) is 6.46. The van der Waals surface area contributed by atoms with E-state index in [-0.39, 0.29) is 12.0 Å². The van der Waals surface area contributed by atoms with Crippen LogP contribution in [0.1, 0.15) is 73.1 Å². The maximum absolute atomic E-state index is 12.5. The summed E-state index contributed by atoms with van der Waals surface area (Å²) < 4.78 is 43.6. The van der Waals surface area contributed by atoms with E-state index in [1.54, 1.807) is 0 Å². The Labute approximate surface area is 157 Å². The van der Waals surface area contributed by atoms with Gasteiger partial charge in [-0.2, -0.15) is 8.42 Å². The Morgan fingerprint density at radius 3 is 2.15 bits per heavy atom. The number of carbonyl (C=O) groups is 1. The molecule has 7 heteroatoms. The summed E-state index contributed by atoms with van der Waals surface area (Å²) >= 11 is 0. The summed E-state index contributed by atoms with van der Waals surface area (Å²) in [5.74, 6) is 0.737. The average molecular weight is 391 g/mol. The van der Waals surface area contributed by atoms with Crippen LogP contribution in [-0.2, 0) is 24.4 Å². The molecule has 6 nitrogen and oxygen atoms in total. The van der Waals surface area contributed by atoms with Crippen LogP contribution in [0.25, 0.3) is 0 Å². The van der Waals surface area contributed by atoms with Crippen molar-refractivity contribution in [2.75, 3.05) is 6.61 Å². The lowest BCUT2D eigenvalue weighted by atomic mass is 9.63. The molecule has 0 radical (unpaired) electrons. The molecular weight excluding hydrogens is 356 g/mol. The first kappa shape index (κ1) is 21.6. The molecule has 0 aromatic carbocycles. The second kappa shape index (κ2) is 7.76.